The standard InChI is InChI=1S/C10H11ClN4O/c11-10-5-9-8(6-12-10)13-14-15(9)7-1-3-16-4-2-7/h5-7H,1-4H2. The van der Waals surface area contributed by atoms with Gasteiger partial charge in [-0.1, -0.05) is 16.8 Å². The summed E-state index contributed by atoms with van der Waals surface area (Å²) in [5.74, 6) is 0. The Bertz CT molecular complexity index is 506. The van der Waals surface area contributed by atoms with Crippen LogP contribution in [-0.4, -0.2) is 33.2 Å². The number of rotatable bonds is 1. The Morgan fingerprint density at radius 1 is 1.38 bits per heavy atom. The molecule has 0 spiro atoms. The van der Waals surface area contributed by atoms with Gasteiger partial charge < -0.3 is 4.74 Å². The van der Waals surface area contributed by atoms with Gasteiger partial charge in [0.05, 0.1) is 17.8 Å². The van der Waals surface area contributed by atoms with Gasteiger partial charge in [-0.05, 0) is 12.8 Å². The normalized spacial score (nSPS) is 18.1. The van der Waals surface area contributed by atoms with Crippen molar-refractivity contribution in [2.24, 2.45) is 0 Å². The minimum absolute atomic E-state index is 0.359. The molecule has 0 unspecified atom stereocenters. The van der Waals surface area contributed by atoms with E-state index in [2.05, 4.69) is 15.3 Å². The second-order valence-corrected chi connectivity index (χ2v) is 4.26. The maximum absolute atomic E-state index is 5.88. The first-order valence-corrected chi connectivity index (χ1v) is 5.66. The molecule has 84 valence electrons. The van der Waals surface area contributed by atoms with Gasteiger partial charge in [0.25, 0.3) is 0 Å². The second-order valence-electron chi connectivity index (χ2n) is 3.87. The van der Waals surface area contributed by atoms with E-state index in [1.54, 1.807) is 6.20 Å². The van der Waals surface area contributed by atoms with Crippen LogP contribution in [0.4, 0.5) is 0 Å². The van der Waals surface area contributed by atoms with E-state index in [-0.39, 0.29) is 0 Å². The highest BCUT2D eigenvalue weighted by atomic mass is 35.5. The molecule has 6 heteroatoms. The number of fused-ring (bicyclic) bond motifs is 1. The fraction of sp³-hybridized carbons (Fsp3) is 0.500. The second kappa shape index (κ2) is 3.99. The lowest BCUT2D eigenvalue weighted by Crippen LogP contribution is -2.20. The van der Waals surface area contributed by atoms with E-state index >= 15 is 0 Å². The molecule has 3 heterocycles. The third-order valence-corrected chi connectivity index (χ3v) is 3.07. The first kappa shape index (κ1) is 9.99. The summed E-state index contributed by atoms with van der Waals surface area (Å²) in [6.45, 7) is 1.57. The van der Waals surface area contributed by atoms with Gasteiger partial charge in [0.1, 0.15) is 10.7 Å². The fourth-order valence-electron chi connectivity index (χ4n) is 2.02. The molecule has 2 aromatic rings. The third kappa shape index (κ3) is 1.66. The molecule has 0 saturated carbocycles. The molecule has 1 fully saturated rings. The fourth-order valence-corrected chi connectivity index (χ4v) is 2.17. The van der Waals surface area contributed by atoms with E-state index < -0.39 is 0 Å². The van der Waals surface area contributed by atoms with Crippen molar-refractivity contribution in [3.8, 4) is 0 Å². The van der Waals surface area contributed by atoms with Gasteiger partial charge >= 0.3 is 0 Å². The Morgan fingerprint density at radius 3 is 3.00 bits per heavy atom. The molecule has 1 aliphatic rings. The van der Waals surface area contributed by atoms with Gasteiger partial charge in [-0.15, -0.1) is 5.10 Å². The molecule has 0 radical (unpaired) electrons. The molecule has 16 heavy (non-hydrogen) atoms. The average molecular weight is 239 g/mol. The average Bonchev–Trinajstić information content (AvgIpc) is 2.73. The van der Waals surface area contributed by atoms with Gasteiger partial charge in [0, 0.05) is 19.3 Å². The minimum Gasteiger partial charge on any atom is -0.381 e. The number of aromatic nitrogens is 4. The van der Waals surface area contributed by atoms with Gasteiger partial charge in [-0.2, -0.15) is 0 Å². The van der Waals surface area contributed by atoms with Crippen LogP contribution in [0.15, 0.2) is 12.3 Å². The van der Waals surface area contributed by atoms with Crippen molar-refractivity contribution in [1.82, 2.24) is 20.0 Å². The molecule has 0 amide bonds. The number of hydrogen-bond acceptors (Lipinski definition) is 4. The molecular weight excluding hydrogens is 228 g/mol. The molecule has 0 aliphatic carbocycles. The summed E-state index contributed by atoms with van der Waals surface area (Å²) in [6.07, 6.45) is 3.59. The summed E-state index contributed by atoms with van der Waals surface area (Å²) in [4.78, 5) is 3.99. The van der Waals surface area contributed by atoms with Crippen LogP contribution >= 0.6 is 11.6 Å². The summed E-state index contributed by atoms with van der Waals surface area (Å²) >= 11 is 5.88. The number of pyridine rings is 1. The third-order valence-electron chi connectivity index (χ3n) is 2.86. The Morgan fingerprint density at radius 2 is 2.19 bits per heavy atom. The topological polar surface area (TPSA) is 52.8 Å². The van der Waals surface area contributed by atoms with Gasteiger partial charge in [-0.25, -0.2) is 9.67 Å². The molecule has 1 saturated heterocycles. The minimum atomic E-state index is 0.359. The zero-order chi connectivity index (χ0) is 11.0. The largest absolute Gasteiger partial charge is 0.381 e. The smallest absolute Gasteiger partial charge is 0.131 e. The van der Waals surface area contributed by atoms with Crippen LogP contribution < -0.4 is 0 Å². The lowest BCUT2D eigenvalue weighted by atomic mass is 10.1. The summed E-state index contributed by atoms with van der Waals surface area (Å²) < 4.78 is 7.27. The number of ether oxygens (including phenoxy) is 1. The van der Waals surface area contributed by atoms with Crippen LogP contribution in [0, 0.1) is 0 Å². The molecule has 3 rings (SSSR count). The Balaban J connectivity index is 2.05. The Labute approximate surface area is 97.4 Å². The molecule has 1 aliphatic heterocycles. The van der Waals surface area contributed by atoms with Gasteiger partial charge in [0.15, 0.2) is 0 Å². The maximum Gasteiger partial charge on any atom is 0.131 e. The van der Waals surface area contributed by atoms with E-state index in [9.17, 15) is 0 Å². The van der Waals surface area contributed by atoms with E-state index in [0.717, 1.165) is 37.1 Å². The van der Waals surface area contributed by atoms with Crippen LogP contribution in [0.3, 0.4) is 0 Å². The van der Waals surface area contributed by atoms with Gasteiger partial charge in [-0.3, -0.25) is 0 Å². The van der Waals surface area contributed by atoms with Gasteiger partial charge in [0.2, 0.25) is 0 Å². The number of nitrogens with zero attached hydrogens (tertiary/aromatic N) is 4. The summed E-state index contributed by atoms with van der Waals surface area (Å²) in [7, 11) is 0. The van der Waals surface area contributed by atoms with Crippen LogP contribution in [0.2, 0.25) is 5.15 Å². The van der Waals surface area contributed by atoms with Crippen molar-refractivity contribution in [3.63, 3.8) is 0 Å². The van der Waals surface area contributed by atoms with Crippen molar-refractivity contribution in [1.29, 1.82) is 0 Å². The first-order valence-electron chi connectivity index (χ1n) is 5.29. The van der Waals surface area contributed by atoms with Crippen LogP contribution in [0.5, 0.6) is 0 Å². The van der Waals surface area contributed by atoms with E-state index in [0.29, 0.717) is 11.2 Å². The SMILES string of the molecule is Clc1cc2c(cn1)nnn2C1CCOCC1. The predicted octanol–water partition coefficient (Wildman–Crippen LogP) is 1.83. The van der Waals surface area contributed by atoms with Crippen molar-refractivity contribution in [2.75, 3.05) is 13.2 Å². The van der Waals surface area contributed by atoms with Crippen LogP contribution in [0.25, 0.3) is 11.0 Å². The summed E-state index contributed by atoms with van der Waals surface area (Å²) in [5, 5.41) is 8.73. The first-order chi connectivity index (χ1) is 7.84. The highest BCUT2D eigenvalue weighted by molar-refractivity contribution is 6.29. The number of halogens is 1. The predicted molar refractivity (Wildman–Crippen MR) is 59.4 cm³/mol. The molecule has 0 atom stereocenters. The lowest BCUT2D eigenvalue weighted by molar-refractivity contribution is 0.0669. The van der Waals surface area contributed by atoms with Crippen molar-refractivity contribution >= 4 is 22.6 Å². The molecule has 0 aromatic carbocycles. The van der Waals surface area contributed by atoms with E-state index in [1.807, 2.05) is 10.7 Å². The van der Waals surface area contributed by atoms with Crippen molar-refractivity contribution < 1.29 is 4.74 Å². The van der Waals surface area contributed by atoms with Crippen LogP contribution in [-0.2, 0) is 4.74 Å². The molecule has 2 aromatic heterocycles. The maximum atomic E-state index is 5.88. The number of hydrogen-bond donors (Lipinski definition) is 0. The van der Waals surface area contributed by atoms with Crippen molar-refractivity contribution in [3.05, 3.63) is 17.4 Å². The monoisotopic (exact) mass is 238 g/mol. The Hall–Kier alpha value is -1.20. The highest BCUT2D eigenvalue weighted by Crippen LogP contribution is 2.24. The quantitative estimate of drug-likeness (QED) is 0.712. The van der Waals surface area contributed by atoms with Crippen LogP contribution in [0.1, 0.15) is 18.9 Å². The summed E-state index contributed by atoms with van der Waals surface area (Å²) in [6, 6.07) is 2.17. The zero-order valence-corrected chi connectivity index (χ0v) is 9.39. The summed E-state index contributed by atoms with van der Waals surface area (Å²) in [5.41, 5.74) is 1.74. The van der Waals surface area contributed by atoms with E-state index in [1.165, 1.54) is 0 Å². The molecule has 0 N–H and O–H groups in total. The van der Waals surface area contributed by atoms with E-state index in [4.69, 9.17) is 16.3 Å². The lowest BCUT2D eigenvalue weighted by Gasteiger charge is -2.22. The Kier molecular flexibility index (Phi) is 2.49. The molecule has 5 nitrogen and oxygen atoms in total. The van der Waals surface area contributed by atoms with Crippen molar-refractivity contribution in [2.45, 2.75) is 18.9 Å². The molecule has 0 bridgehead atoms. The highest BCUT2D eigenvalue weighted by Gasteiger charge is 2.19. The zero-order valence-electron chi connectivity index (χ0n) is 8.64. The molecular formula is C10H11ClN4O.